The van der Waals surface area contributed by atoms with Crippen LogP contribution in [0.4, 0.5) is 0 Å². The third-order valence-electron chi connectivity index (χ3n) is 2.47. The highest BCUT2D eigenvalue weighted by molar-refractivity contribution is 14.1. The lowest BCUT2D eigenvalue weighted by molar-refractivity contribution is 0.134. The predicted molar refractivity (Wildman–Crippen MR) is 58.3 cm³/mol. The van der Waals surface area contributed by atoms with Gasteiger partial charge >= 0.3 is 0 Å². The zero-order chi connectivity index (χ0) is 9.42. The van der Waals surface area contributed by atoms with Crippen molar-refractivity contribution in [2.75, 3.05) is 0 Å². The summed E-state index contributed by atoms with van der Waals surface area (Å²) >= 11 is 2.28. The van der Waals surface area contributed by atoms with Crippen LogP contribution in [-0.2, 0) is 24.6 Å². The summed E-state index contributed by atoms with van der Waals surface area (Å²) in [6.45, 7) is 3.63. The number of benzene rings is 1. The smallest absolute Gasteiger partial charge is 0.0727 e. The summed E-state index contributed by atoms with van der Waals surface area (Å²) in [4.78, 5) is 0. The molecule has 0 saturated heterocycles. The number of aliphatic hydroxyl groups is 1. The largest absolute Gasteiger partial charge is 0.392 e. The average molecular weight is 290 g/mol. The van der Waals surface area contributed by atoms with E-state index in [-0.39, 0.29) is 6.61 Å². The number of hydrogen-bond donors (Lipinski definition) is 1. The Hall–Kier alpha value is -0.130. The second-order valence-corrected chi connectivity index (χ2v) is 4.34. The number of hydrogen-bond acceptors (Lipinski definition) is 2. The van der Waals surface area contributed by atoms with E-state index >= 15 is 0 Å². The lowest BCUT2D eigenvalue weighted by Gasteiger charge is -2.09. The SMILES string of the molecule is Cc1c(I)c(CO)cc2c1COC2. The highest BCUT2D eigenvalue weighted by Crippen LogP contribution is 2.29. The van der Waals surface area contributed by atoms with Crippen LogP contribution in [0, 0.1) is 10.5 Å². The van der Waals surface area contributed by atoms with E-state index in [1.807, 2.05) is 0 Å². The first-order chi connectivity index (χ1) is 6.24. The molecule has 0 atom stereocenters. The fourth-order valence-corrected chi connectivity index (χ4v) is 2.33. The molecular formula is C10H11IO2. The molecule has 0 aliphatic carbocycles. The Kier molecular flexibility index (Phi) is 2.58. The maximum atomic E-state index is 9.13. The van der Waals surface area contributed by atoms with E-state index < -0.39 is 0 Å². The van der Waals surface area contributed by atoms with Gasteiger partial charge in [-0.3, -0.25) is 0 Å². The van der Waals surface area contributed by atoms with Crippen molar-refractivity contribution in [1.82, 2.24) is 0 Å². The van der Waals surface area contributed by atoms with Crippen LogP contribution < -0.4 is 0 Å². The normalized spacial score (nSPS) is 14.7. The van der Waals surface area contributed by atoms with Gasteiger partial charge < -0.3 is 9.84 Å². The molecule has 0 fully saturated rings. The molecule has 1 aliphatic rings. The highest BCUT2D eigenvalue weighted by Gasteiger charge is 2.17. The molecule has 2 nitrogen and oxygen atoms in total. The quantitative estimate of drug-likeness (QED) is 0.803. The summed E-state index contributed by atoms with van der Waals surface area (Å²) < 4.78 is 6.54. The first kappa shape index (κ1) is 9.43. The van der Waals surface area contributed by atoms with Gasteiger partial charge in [-0.2, -0.15) is 0 Å². The lowest BCUT2D eigenvalue weighted by Crippen LogP contribution is -1.98. The minimum absolute atomic E-state index is 0.117. The van der Waals surface area contributed by atoms with Gasteiger partial charge in [0.2, 0.25) is 0 Å². The van der Waals surface area contributed by atoms with Gasteiger partial charge in [0, 0.05) is 3.57 Å². The van der Waals surface area contributed by atoms with Crippen molar-refractivity contribution in [3.05, 3.63) is 31.9 Å². The fourth-order valence-electron chi connectivity index (χ4n) is 1.68. The van der Waals surface area contributed by atoms with Crippen LogP contribution in [0.2, 0.25) is 0 Å². The number of aliphatic hydroxyl groups excluding tert-OH is 1. The molecule has 0 aromatic heterocycles. The third kappa shape index (κ3) is 1.49. The van der Waals surface area contributed by atoms with Crippen LogP contribution in [-0.4, -0.2) is 5.11 Å². The molecular weight excluding hydrogens is 279 g/mol. The molecule has 0 radical (unpaired) electrons. The van der Waals surface area contributed by atoms with Crippen LogP contribution in [0.15, 0.2) is 6.07 Å². The summed E-state index contributed by atoms with van der Waals surface area (Å²) in [5, 5.41) is 9.13. The van der Waals surface area contributed by atoms with Crippen molar-refractivity contribution < 1.29 is 9.84 Å². The second kappa shape index (κ2) is 3.55. The molecule has 1 aromatic carbocycles. The fraction of sp³-hybridized carbons (Fsp3) is 0.400. The molecule has 1 aromatic rings. The number of rotatable bonds is 1. The first-order valence-electron chi connectivity index (χ1n) is 4.22. The highest BCUT2D eigenvalue weighted by atomic mass is 127. The predicted octanol–water partition coefficient (Wildman–Crippen LogP) is 2.12. The van der Waals surface area contributed by atoms with Crippen molar-refractivity contribution in [3.8, 4) is 0 Å². The van der Waals surface area contributed by atoms with Gasteiger partial charge in [-0.25, -0.2) is 0 Å². The summed E-state index contributed by atoms with van der Waals surface area (Å²) in [6, 6.07) is 2.05. The van der Waals surface area contributed by atoms with Crippen LogP contribution in [0.3, 0.4) is 0 Å². The minimum atomic E-state index is 0.117. The maximum absolute atomic E-state index is 9.13. The molecule has 1 heterocycles. The topological polar surface area (TPSA) is 29.5 Å². The molecule has 0 unspecified atom stereocenters. The van der Waals surface area contributed by atoms with Gasteiger partial charge in [0.05, 0.1) is 19.8 Å². The number of fused-ring (bicyclic) bond motifs is 1. The van der Waals surface area contributed by atoms with E-state index in [0.29, 0.717) is 6.61 Å². The van der Waals surface area contributed by atoms with Crippen molar-refractivity contribution >= 4 is 22.6 Å². The standard InChI is InChI=1S/C10H11IO2/c1-6-9-5-13-4-8(9)2-7(3-12)10(6)11/h2,12H,3-5H2,1H3. The zero-order valence-electron chi connectivity index (χ0n) is 7.43. The van der Waals surface area contributed by atoms with E-state index in [1.54, 1.807) is 0 Å². The molecule has 0 saturated carbocycles. The van der Waals surface area contributed by atoms with Crippen LogP contribution in [0.1, 0.15) is 22.3 Å². The summed E-state index contributed by atoms with van der Waals surface area (Å²) in [6.07, 6.45) is 0. The van der Waals surface area contributed by atoms with Crippen molar-refractivity contribution in [2.45, 2.75) is 26.7 Å². The Bertz CT molecular complexity index is 347. The Morgan fingerprint density at radius 2 is 2.31 bits per heavy atom. The average Bonchev–Trinajstić information content (AvgIpc) is 2.59. The summed E-state index contributed by atoms with van der Waals surface area (Å²) in [7, 11) is 0. The molecule has 0 spiro atoms. The minimum Gasteiger partial charge on any atom is -0.392 e. The van der Waals surface area contributed by atoms with Gasteiger partial charge in [-0.1, -0.05) is 0 Å². The van der Waals surface area contributed by atoms with E-state index in [0.717, 1.165) is 12.2 Å². The maximum Gasteiger partial charge on any atom is 0.0727 e. The van der Waals surface area contributed by atoms with Gasteiger partial charge in [0.1, 0.15) is 0 Å². The van der Waals surface area contributed by atoms with E-state index in [4.69, 9.17) is 9.84 Å². The molecule has 0 amide bonds. The zero-order valence-corrected chi connectivity index (χ0v) is 9.59. The lowest BCUT2D eigenvalue weighted by atomic mass is 10.0. The van der Waals surface area contributed by atoms with Crippen LogP contribution >= 0.6 is 22.6 Å². The monoisotopic (exact) mass is 290 g/mol. The number of ether oxygens (including phenoxy) is 1. The Morgan fingerprint density at radius 3 is 3.00 bits per heavy atom. The van der Waals surface area contributed by atoms with Crippen molar-refractivity contribution in [2.24, 2.45) is 0 Å². The van der Waals surface area contributed by atoms with Gasteiger partial charge in [0.25, 0.3) is 0 Å². The van der Waals surface area contributed by atoms with E-state index in [2.05, 4.69) is 35.6 Å². The van der Waals surface area contributed by atoms with Crippen molar-refractivity contribution in [3.63, 3.8) is 0 Å². The molecule has 3 heteroatoms. The molecule has 1 N–H and O–H groups in total. The summed E-state index contributed by atoms with van der Waals surface area (Å²) in [5.41, 5.74) is 4.82. The first-order valence-corrected chi connectivity index (χ1v) is 5.30. The van der Waals surface area contributed by atoms with Crippen LogP contribution in [0.25, 0.3) is 0 Å². The van der Waals surface area contributed by atoms with Crippen molar-refractivity contribution in [1.29, 1.82) is 0 Å². The molecule has 0 bridgehead atoms. The second-order valence-electron chi connectivity index (χ2n) is 3.26. The summed E-state index contributed by atoms with van der Waals surface area (Å²) in [5.74, 6) is 0. The Morgan fingerprint density at radius 1 is 1.54 bits per heavy atom. The van der Waals surface area contributed by atoms with E-state index in [9.17, 15) is 0 Å². The molecule has 13 heavy (non-hydrogen) atoms. The Labute approximate surface area is 91.1 Å². The van der Waals surface area contributed by atoms with Gasteiger partial charge in [-0.15, -0.1) is 0 Å². The van der Waals surface area contributed by atoms with Gasteiger partial charge in [0.15, 0.2) is 0 Å². The molecule has 70 valence electrons. The number of halogens is 1. The van der Waals surface area contributed by atoms with E-state index in [1.165, 1.54) is 20.3 Å². The van der Waals surface area contributed by atoms with Gasteiger partial charge in [-0.05, 0) is 57.8 Å². The third-order valence-corrected chi connectivity index (χ3v) is 3.98. The van der Waals surface area contributed by atoms with Crippen LogP contribution in [0.5, 0.6) is 0 Å². The Balaban J connectivity index is 2.61. The molecule has 2 rings (SSSR count). The molecule has 1 aliphatic heterocycles.